The van der Waals surface area contributed by atoms with E-state index in [9.17, 15) is 9.59 Å². The van der Waals surface area contributed by atoms with Crippen LogP contribution < -0.4 is 5.32 Å². The van der Waals surface area contributed by atoms with Crippen LogP contribution in [-0.4, -0.2) is 26.4 Å². The van der Waals surface area contributed by atoms with Crippen LogP contribution in [-0.2, 0) is 11.8 Å². The van der Waals surface area contributed by atoms with Gasteiger partial charge in [-0.3, -0.25) is 9.59 Å². The minimum absolute atomic E-state index is 0.00502. The summed E-state index contributed by atoms with van der Waals surface area (Å²) in [5.74, 6) is 0.512. The molecule has 0 bridgehead atoms. The van der Waals surface area contributed by atoms with Gasteiger partial charge in [-0.2, -0.15) is 0 Å². The molecule has 1 fully saturated rings. The second-order valence-electron chi connectivity index (χ2n) is 6.10. The number of aromatic nitrogens is 2. The average Bonchev–Trinajstić information content (AvgIpc) is 3.16. The van der Waals surface area contributed by atoms with Gasteiger partial charge in [0.25, 0.3) is 5.91 Å². The van der Waals surface area contributed by atoms with Crippen molar-refractivity contribution < 1.29 is 9.59 Å². The molecule has 1 saturated heterocycles. The van der Waals surface area contributed by atoms with Gasteiger partial charge < -0.3 is 9.88 Å². The van der Waals surface area contributed by atoms with Crippen molar-refractivity contribution in [1.82, 2.24) is 14.9 Å². The van der Waals surface area contributed by atoms with Gasteiger partial charge in [0.1, 0.15) is 5.82 Å². The van der Waals surface area contributed by atoms with Gasteiger partial charge >= 0.3 is 0 Å². The maximum Gasteiger partial charge on any atom is 0.264 e. The number of ketones is 1. The van der Waals surface area contributed by atoms with Gasteiger partial charge in [0, 0.05) is 18.7 Å². The first-order valence-corrected chi connectivity index (χ1v) is 9.15. The SMILES string of the molecule is CC(=O)c1ccc(N=C2NC(=O)C(=Cc3nc4ccccc4n3C)S2)cc1. The Labute approximate surface area is 160 Å². The standard InChI is InChI=1S/C20H16N4O2S/c1-12(25)13-7-9-14(10-8-13)21-20-23-19(26)17(27-20)11-18-22-15-5-3-4-6-16(15)24(18)2/h3-11H,1-2H3,(H,21,23,26). The molecule has 1 aromatic heterocycles. The number of amides is 1. The van der Waals surface area contributed by atoms with E-state index < -0.39 is 0 Å². The van der Waals surface area contributed by atoms with Crippen molar-refractivity contribution in [3.8, 4) is 0 Å². The minimum Gasteiger partial charge on any atom is -0.328 e. The third-order valence-electron chi connectivity index (χ3n) is 4.24. The molecule has 3 aromatic rings. The third-order valence-corrected chi connectivity index (χ3v) is 5.15. The van der Waals surface area contributed by atoms with Crippen LogP contribution in [0.3, 0.4) is 0 Å². The maximum atomic E-state index is 12.3. The smallest absolute Gasteiger partial charge is 0.264 e. The third kappa shape index (κ3) is 3.41. The molecular formula is C20H16N4O2S. The first-order valence-electron chi connectivity index (χ1n) is 8.33. The van der Waals surface area contributed by atoms with E-state index in [4.69, 9.17) is 0 Å². The number of aliphatic imine (C=N–C) groups is 1. The molecule has 1 aliphatic heterocycles. The van der Waals surface area contributed by atoms with Crippen molar-refractivity contribution in [2.24, 2.45) is 12.0 Å². The number of nitrogens with zero attached hydrogens (tertiary/aromatic N) is 3. The molecule has 134 valence electrons. The molecule has 7 heteroatoms. The summed E-state index contributed by atoms with van der Waals surface area (Å²) in [6.07, 6.45) is 1.77. The van der Waals surface area contributed by atoms with Crippen molar-refractivity contribution in [2.75, 3.05) is 0 Å². The first-order chi connectivity index (χ1) is 13.0. The Morgan fingerprint density at radius 1 is 1.19 bits per heavy atom. The lowest BCUT2D eigenvalue weighted by Crippen LogP contribution is -2.19. The van der Waals surface area contributed by atoms with Crippen LogP contribution in [0.2, 0.25) is 0 Å². The number of carbonyl (C=O) groups excluding carboxylic acids is 2. The molecule has 1 aliphatic rings. The van der Waals surface area contributed by atoms with Gasteiger partial charge in [-0.15, -0.1) is 0 Å². The second kappa shape index (κ2) is 6.85. The second-order valence-corrected chi connectivity index (χ2v) is 7.13. The zero-order valence-electron chi connectivity index (χ0n) is 14.8. The number of imidazole rings is 1. The summed E-state index contributed by atoms with van der Waals surface area (Å²) in [6.45, 7) is 1.52. The fraction of sp³-hybridized carbons (Fsp3) is 0.100. The van der Waals surface area contributed by atoms with Gasteiger partial charge in [-0.1, -0.05) is 12.1 Å². The van der Waals surface area contributed by atoms with Crippen molar-refractivity contribution in [2.45, 2.75) is 6.92 Å². The van der Waals surface area contributed by atoms with Crippen LogP contribution in [0.5, 0.6) is 0 Å². The fourth-order valence-electron chi connectivity index (χ4n) is 2.78. The van der Waals surface area contributed by atoms with E-state index >= 15 is 0 Å². The van der Waals surface area contributed by atoms with E-state index in [1.165, 1.54) is 18.7 Å². The average molecular weight is 376 g/mol. The van der Waals surface area contributed by atoms with Crippen molar-refractivity contribution in [1.29, 1.82) is 0 Å². The molecule has 1 amide bonds. The molecule has 27 heavy (non-hydrogen) atoms. The predicted molar refractivity (Wildman–Crippen MR) is 108 cm³/mol. The first kappa shape index (κ1) is 17.2. The molecular weight excluding hydrogens is 360 g/mol. The molecule has 2 heterocycles. The molecule has 6 nitrogen and oxygen atoms in total. The monoisotopic (exact) mass is 376 g/mol. The summed E-state index contributed by atoms with van der Waals surface area (Å²) >= 11 is 1.27. The van der Waals surface area contributed by atoms with Crippen molar-refractivity contribution in [3.63, 3.8) is 0 Å². The summed E-state index contributed by atoms with van der Waals surface area (Å²) < 4.78 is 1.95. The molecule has 0 radical (unpaired) electrons. The molecule has 1 N–H and O–H groups in total. The van der Waals surface area contributed by atoms with E-state index in [2.05, 4.69) is 15.3 Å². The summed E-state index contributed by atoms with van der Waals surface area (Å²) in [7, 11) is 1.92. The maximum absolute atomic E-state index is 12.3. The van der Waals surface area contributed by atoms with E-state index in [1.54, 1.807) is 30.3 Å². The largest absolute Gasteiger partial charge is 0.328 e. The Kier molecular flexibility index (Phi) is 4.37. The Balaban J connectivity index is 1.60. The summed E-state index contributed by atoms with van der Waals surface area (Å²) in [4.78, 5) is 33.2. The Bertz CT molecular complexity index is 1130. The lowest BCUT2D eigenvalue weighted by molar-refractivity contribution is -0.115. The molecule has 0 atom stereocenters. The lowest BCUT2D eigenvalue weighted by Gasteiger charge is -1.98. The number of nitrogens with one attached hydrogen (secondary N) is 1. The van der Waals surface area contributed by atoms with Crippen LogP contribution in [0, 0.1) is 0 Å². The molecule has 2 aromatic carbocycles. The summed E-state index contributed by atoms with van der Waals surface area (Å²) in [5, 5.41) is 3.27. The number of thioether (sulfide) groups is 1. The normalized spacial score (nSPS) is 17.0. The number of hydrogen-bond donors (Lipinski definition) is 1. The van der Waals surface area contributed by atoms with Gasteiger partial charge in [0.15, 0.2) is 11.0 Å². The highest BCUT2D eigenvalue weighted by molar-refractivity contribution is 8.18. The van der Waals surface area contributed by atoms with Crippen molar-refractivity contribution in [3.05, 3.63) is 64.8 Å². The molecule has 0 spiro atoms. The zero-order valence-corrected chi connectivity index (χ0v) is 15.6. The minimum atomic E-state index is -0.203. The number of aryl methyl sites for hydroxylation is 1. The highest BCUT2D eigenvalue weighted by Crippen LogP contribution is 2.28. The molecule has 0 aliphatic carbocycles. The van der Waals surface area contributed by atoms with Crippen LogP contribution in [0.15, 0.2) is 58.4 Å². The Morgan fingerprint density at radius 3 is 2.63 bits per heavy atom. The van der Waals surface area contributed by atoms with Crippen LogP contribution >= 0.6 is 11.8 Å². The van der Waals surface area contributed by atoms with E-state index in [0.29, 0.717) is 27.1 Å². The summed E-state index contributed by atoms with van der Waals surface area (Å²) in [6, 6.07) is 14.8. The number of amidine groups is 1. The van der Waals surface area contributed by atoms with Crippen LogP contribution in [0.25, 0.3) is 17.1 Å². The number of Topliss-reactive ketones (excluding diaryl/α,β-unsaturated/α-hetero) is 1. The molecule has 0 unspecified atom stereocenters. The van der Waals surface area contributed by atoms with Gasteiger partial charge in [-0.25, -0.2) is 9.98 Å². The number of benzene rings is 2. The molecule has 4 rings (SSSR count). The topological polar surface area (TPSA) is 76.3 Å². The van der Waals surface area contributed by atoms with Gasteiger partial charge in [0.05, 0.1) is 21.6 Å². The highest BCUT2D eigenvalue weighted by atomic mass is 32.2. The number of fused-ring (bicyclic) bond motifs is 1. The quantitative estimate of drug-likeness (QED) is 0.559. The number of hydrogen-bond acceptors (Lipinski definition) is 5. The highest BCUT2D eigenvalue weighted by Gasteiger charge is 2.24. The fourth-order valence-corrected chi connectivity index (χ4v) is 3.59. The zero-order chi connectivity index (χ0) is 19.0. The van der Waals surface area contributed by atoms with E-state index in [-0.39, 0.29) is 11.7 Å². The number of rotatable bonds is 3. The number of carbonyl (C=O) groups is 2. The number of para-hydroxylation sites is 2. The molecule has 0 saturated carbocycles. The van der Waals surface area contributed by atoms with E-state index in [1.807, 2.05) is 35.9 Å². The lowest BCUT2D eigenvalue weighted by atomic mass is 10.1. The summed E-state index contributed by atoms with van der Waals surface area (Å²) in [5.41, 5.74) is 3.19. The Morgan fingerprint density at radius 2 is 1.93 bits per heavy atom. The van der Waals surface area contributed by atoms with E-state index in [0.717, 1.165) is 11.0 Å². The van der Waals surface area contributed by atoms with Crippen LogP contribution in [0.4, 0.5) is 5.69 Å². The van der Waals surface area contributed by atoms with Crippen molar-refractivity contribution >= 4 is 51.4 Å². The Hall–Kier alpha value is -3.19. The van der Waals surface area contributed by atoms with Crippen LogP contribution in [0.1, 0.15) is 23.1 Å². The predicted octanol–water partition coefficient (Wildman–Crippen LogP) is 3.67. The van der Waals surface area contributed by atoms with Gasteiger partial charge in [-0.05, 0) is 55.1 Å². The van der Waals surface area contributed by atoms with Gasteiger partial charge in [0.2, 0.25) is 0 Å².